The first kappa shape index (κ1) is 24.4. The summed E-state index contributed by atoms with van der Waals surface area (Å²) < 4.78 is 33.9. The van der Waals surface area contributed by atoms with Gasteiger partial charge in [0.2, 0.25) is 0 Å². The van der Waals surface area contributed by atoms with Gasteiger partial charge in [0, 0.05) is 0 Å². The molecule has 0 amide bonds. The van der Waals surface area contributed by atoms with E-state index >= 15 is 0 Å². The van der Waals surface area contributed by atoms with Gasteiger partial charge in [0.05, 0.1) is 5.02 Å². The Labute approximate surface area is 187 Å². The number of nitrogens with two attached hydrogens (primary N) is 1. The number of benzene rings is 3. The summed E-state index contributed by atoms with van der Waals surface area (Å²) >= 11 is 5.85. The van der Waals surface area contributed by atoms with Gasteiger partial charge in [-0.2, -0.15) is 8.42 Å². The van der Waals surface area contributed by atoms with Crippen molar-refractivity contribution in [1.29, 1.82) is 0 Å². The third kappa shape index (κ3) is 8.05. The lowest BCUT2D eigenvalue weighted by atomic mass is 10.2. The van der Waals surface area contributed by atoms with E-state index in [2.05, 4.69) is 0 Å². The van der Waals surface area contributed by atoms with Crippen molar-refractivity contribution >= 4 is 27.7 Å². The molecule has 0 unspecified atom stereocenters. The van der Waals surface area contributed by atoms with E-state index in [1.165, 1.54) is 18.2 Å². The van der Waals surface area contributed by atoms with Gasteiger partial charge in [-0.15, -0.1) is 0 Å². The molecular weight excluding hydrogens is 438 g/mol. The van der Waals surface area contributed by atoms with Gasteiger partial charge in [-0.05, 0) is 43.7 Å². The highest BCUT2D eigenvalue weighted by Gasteiger charge is 2.17. The topological polar surface area (TPSA) is 95.7 Å². The van der Waals surface area contributed by atoms with Crippen molar-refractivity contribution in [3.05, 3.63) is 95.0 Å². The molecule has 0 aliphatic heterocycles. The minimum absolute atomic E-state index is 0.105. The van der Waals surface area contributed by atoms with E-state index in [1.54, 1.807) is 37.3 Å². The second-order valence-corrected chi connectivity index (χ2v) is 8.62. The zero-order chi connectivity index (χ0) is 22.9. The number of hydrogen-bond acceptors (Lipinski definition) is 6. The molecule has 0 fully saturated rings. The smallest absolute Gasteiger partial charge is 0.339 e. The minimum atomic E-state index is -3.84. The van der Waals surface area contributed by atoms with Crippen molar-refractivity contribution in [1.82, 2.24) is 0 Å². The van der Waals surface area contributed by atoms with E-state index in [0.717, 1.165) is 11.1 Å². The number of carbonyl (C=O) groups excluding carboxylic acids is 1. The highest BCUT2D eigenvalue weighted by molar-refractivity contribution is 7.87. The summed E-state index contributed by atoms with van der Waals surface area (Å²) in [6, 6.07) is 21.8. The highest BCUT2D eigenvalue weighted by atomic mass is 35.5. The maximum atomic E-state index is 12.0. The van der Waals surface area contributed by atoms with Gasteiger partial charge in [-0.1, -0.05) is 71.8 Å². The molecule has 8 heteroatoms. The number of esters is 1. The number of aryl methyl sites for hydroxylation is 1. The highest BCUT2D eigenvalue weighted by Crippen LogP contribution is 2.26. The Morgan fingerprint density at radius 2 is 1.55 bits per heavy atom. The monoisotopic (exact) mass is 461 g/mol. The number of halogens is 1. The van der Waals surface area contributed by atoms with Crippen LogP contribution in [0.15, 0.2) is 83.8 Å². The SMILES string of the molecule is C[C@H](N)C(=O)OCc1ccccc1.Cc1ccc(S(=O)(=O)Oc2ccccc2Cl)cc1. The molecule has 3 aromatic rings. The van der Waals surface area contributed by atoms with E-state index in [4.69, 9.17) is 26.3 Å². The van der Waals surface area contributed by atoms with Crippen molar-refractivity contribution in [2.45, 2.75) is 31.4 Å². The average molecular weight is 462 g/mol. The first-order chi connectivity index (χ1) is 14.7. The maximum absolute atomic E-state index is 12.0. The first-order valence-electron chi connectivity index (χ1n) is 9.41. The van der Waals surface area contributed by atoms with E-state index in [-0.39, 0.29) is 21.6 Å². The van der Waals surface area contributed by atoms with Crippen LogP contribution in [0.5, 0.6) is 5.75 Å². The first-order valence-corrected chi connectivity index (χ1v) is 11.2. The predicted octanol–water partition coefficient (Wildman–Crippen LogP) is 4.49. The Balaban J connectivity index is 0.000000233. The number of carbonyl (C=O) groups is 1. The lowest BCUT2D eigenvalue weighted by Crippen LogP contribution is -2.28. The van der Waals surface area contributed by atoms with Gasteiger partial charge in [0.25, 0.3) is 0 Å². The molecule has 0 saturated heterocycles. The molecular formula is C23H24ClNO5S. The lowest BCUT2D eigenvalue weighted by molar-refractivity contribution is -0.146. The number of rotatable bonds is 6. The van der Waals surface area contributed by atoms with Crippen molar-refractivity contribution < 1.29 is 22.1 Å². The van der Waals surface area contributed by atoms with E-state index < -0.39 is 16.2 Å². The fraction of sp³-hybridized carbons (Fsp3) is 0.174. The molecule has 0 bridgehead atoms. The van der Waals surface area contributed by atoms with Crippen LogP contribution in [0, 0.1) is 6.92 Å². The fourth-order valence-electron chi connectivity index (χ4n) is 2.24. The summed E-state index contributed by atoms with van der Waals surface area (Å²) in [5, 5.41) is 0.258. The van der Waals surface area contributed by atoms with Crippen molar-refractivity contribution in [2.75, 3.05) is 0 Å². The van der Waals surface area contributed by atoms with Crippen LogP contribution < -0.4 is 9.92 Å². The van der Waals surface area contributed by atoms with Gasteiger partial charge >= 0.3 is 16.1 Å². The molecule has 1 atom stereocenters. The average Bonchev–Trinajstić information content (AvgIpc) is 2.75. The third-order valence-electron chi connectivity index (χ3n) is 3.94. The van der Waals surface area contributed by atoms with E-state index in [0.29, 0.717) is 6.61 Å². The van der Waals surface area contributed by atoms with Crippen LogP contribution in [0.4, 0.5) is 0 Å². The summed E-state index contributed by atoms with van der Waals surface area (Å²) in [4.78, 5) is 11.1. The molecule has 164 valence electrons. The Kier molecular flexibility index (Phi) is 9.05. The molecule has 3 aromatic carbocycles. The zero-order valence-corrected chi connectivity index (χ0v) is 18.8. The molecule has 0 aliphatic rings. The van der Waals surface area contributed by atoms with Crippen molar-refractivity contribution in [3.8, 4) is 5.75 Å². The molecule has 0 aliphatic carbocycles. The fourth-order valence-corrected chi connectivity index (χ4v) is 3.41. The maximum Gasteiger partial charge on any atom is 0.339 e. The van der Waals surface area contributed by atoms with Crippen LogP contribution in [-0.4, -0.2) is 20.4 Å². The summed E-state index contributed by atoms with van der Waals surface area (Å²) in [6.45, 7) is 3.78. The molecule has 0 saturated carbocycles. The van der Waals surface area contributed by atoms with Gasteiger partial charge in [0.1, 0.15) is 17.5 Å². The second kappa shape index (κ2) is 11.5. The zero-order valence-electron chi connectivity index (χ0n) is 17.2. The number of para-hydroxylation sites is 1. The predicted molar refractivity (Wildman–Crippen MR) is 120 cm³/mol. The van der Waals surface area contributed by atoms with E-state index in [1.807, 2.05) is 37.3 Å². The number of ether oxygens (including phenoxy) is 1. The Hall–Kier alpha value is -2.87. The summed E-state index contributed by atoms with van der Waals surface area (Å²) in [5.74, 6) is -0.247. The molecule has 0 aromatic heterocycles. The quantitative estimate of drug-likeness (QED) is 0.429. The minimum Gasteiger partial charge on any atom is -0.460 e. The molecule has 0 radical (unpaired) electrons. The van der Waals surface area contributed by atoms with Crippen LogP contribution >= 0.6 is 11.6 Å². The number of hydrogen-bond donors (Lipinski definition) is 1. The summed E-state index contributed by atoms with van der Waals surface area (Å²) in [5.41, 5.74) is 7.27. The van der Waals surface area contributed by atoms with E-state index in [9.17, 15) is 13.2 Å². The van der Waals surface area contributed by atoms with Gasteiger partial charge < -0.3 is 14.7 Å². The Bertz CT molecular complexity index is 1080. The summed E-state index contributed by atoms with van der Waals surface area (Å²) in [7, 11) is -3.84. The van der Waals surface area contributed by atoms with Crippen LogP contribution in [0.1, 0.15) is 18.1 Å². The van der Waals surface area contributed by atoms with Gasteiger partial charge in [-0.25, -0.2) is 0 Å². The van der Waals surface area contributed by atoms with Gasteiger partial charge in [-0.3, -0.25) is 4.79 Å². The Morgan fingerprint density at radius 3 is 2.13 bits per heavy atom. The largest absolute Gasteiger partial charge is 0.460 e. The Morgan fingerprint density at radius 1 is 0.968 bits per heavy atom. The third-order valence-corrected chi connectivity index (χ3v) is 5.50. The molecule has 2 N–H and O–H groups in total. The van der Waals surface area contributed by atoms with Crippen LogP contribution in [0.25, 0.3) is 0 Å². The van der Waals surface area contributed by atoms with Crippen molar-refractivity contribution in [3.63, 3.8) is 0 Å². The van der Waals surface area contributed by atoms with Crippen LogP contribution in [0.2, 0.25) is 5.02 Å². The molecule has 6 nitrogen and oxygen atoms in total. The second-order valence-electron chi connectivity index (χ2n) is 6.66. The molecule has 31 heavy (non-hydrogen) atoms. The van der Waals surface area contributed by atoms with Crippen LogP contribution in [0.3, 0.4) is 0 Å². The lowest BCUT2D eigenvalue weighted by Gasteiger charge is -2.08. The van der Waals surface area contributed by atoms with Crippen molar-refractivity contribution in [2.24, 2.45) is 5.73 Å². The normalized spacial score (nSPS) is 11.6. The van der Waals surface area contributed by atoms with Gasteiger partial charge in [0.15, 0.2) is 5.75 Å². The molecule has 3 rings (SSSR count). The molecule has 0 heterocycles. The standard InChI is InChI=1S/C13H11ClO3S.C10H13NO2/c1-10-6-8-11(9-7-10)18(15,16)17-13-5-3-2-4-12(13)14;1-8(11)10(12)13-7-9-5-3-2-4-6-9/h2-9H,1H3;2-6,8H,7,11H2,1H3/t;8-/m.0/s1. The summed E-state index contributed by atoms with van der Waals surface area (Å²) in [6.07, 6.45) is 0. The molecule has 0 spiro atoms. The van der Waals surface area contributed by atoms with Crippen LogP contribution in [-0.2, 0) is 26.3 Å².